The fourth-order valence-corrected chi connectivity index (χ4v) is 3.31. The van der Waals surface area contributed by atoms with Crippen molar-refractivity contribution in [3.05, 3.63) is 35.2 Å². The fraction of sp³-hybridized carbons (Fsp3) is 0.357. The summed E-state index contributed by atoms with van der Waals surface area (Å²) in [5.74, 6) is 0.0977. The van der Waals surface area contributed by atoms with E-state index in [-0.39, 0.29) is 11.8 Å². The molecule has 18 heavy (non-hydrogen) atoms. The number of carbonyl (C=O) groups excluding carboxylic acids is 1. The Balaban J connectivity index is 2.09. The van der Waals surface area contributed by atoms with Crippen LogP contribution in [0.2, 0.25) is 0 Å². The summed E-state index contributed by atoms with van der Waals surface area (Å²) in [6.07, 6.45) is 0. The molecular formula is C14H15NO2S. The average Bonchev–Trinajstić information content (AvgIpc) is 2.96. The molecule has 0 aliphatic carbocycles. The van der Waals surface area contributed by atoms with Gasteiger partial charge < -0.3 is 10.5 Å². The number of nitrogens with two attached hydrogens (primary N) is 1. The van der Waals surface area contributed by atoms with Crippen LogP contribution in [-0.4, -0.2) is 25.0 Å². The quantitative estimate of drug-likeness (QED) is 0.845. The number of thiophene rings is 1. The van der Waals surface area contributed by atoms with E-state index in [2.05, 4.69) is 0 Å². The Labute approximate surface area is 110 Å². The Hall–Kier alpha value is -1.23. The Morgan fingerprint density at radius 1 is 1.50 bits per heavy atom. The molecule has 3 rings (SSSR count). The van der Waals surface area contributed by atoms with Gasteiger partial charge in [0.15, 0.2) is 5.78 Å². The second-order valence-corrected chi connectivity index (χ2v) is 5.93. The molecule has 1 saturated heterocycles. The molecule has 3 nitrogen and oxygen atoms in total. The van der Waals surface area contributed by atoms with Crippen molar-refractivity contribution in [2.75, 3.05) is 13.2 Å². The van der Waals surface area contributed by atoms with Crippen LogP contribution in [0.5, 0.6) is 0 Å². The van der Waals surface area contributed by atoms with Gasteiger partial charge >= 0.3 is 0 Å². The normalized spacial score (nSPS) is 27.8. The first-order chi connectivity index (χ1) is 8.63. The van der Waals surface area contributed by atoms with Crippen LogP contribution in [0.1, 0.15) is 17.3 Å². The number of rotatable bonds is 2. The largest absolute Gasteiger partial charge is 0.379 e. The molecule has 2 atom stereocenters. The molecule has 1 fully saturated rings. The Morgan fingerprint density at radius 3 is 3.06 bits per heavy atom. The zero-order valence-electron chi connectivity index (χ0n) is 10.2. The van der Waals surface area contributed by atoms with Gasteiger partial charge in [0, 0.05) is 16.3 Å². The SMILES string of the molecule is CC1(C(=O)c2cccc3ccsc23)COCC1N. The van der Waals surface area contributed by atoms with E-state index in [1.165, 1.54) is 0 Å². The maximum absolute atomic E-state index is 12.7. The molecular weight excluding hydrogens is 246 g/mol. The standard InChI is InChI=1S/C14H15NO2S/c1-14(8-17-7-11(14)15)13(16)10-4-2-3-9-5-6-18-12(9)10/h2-6,11H,7-8,15H2,1H3. The molecule has 0 amide bonds. The highest BCUT2D eigenvalue weighted by molar-refractivity contribution is 7.17. The number of benzene rings is 1. The van der Waals surface area contributed by atoms with E-state index in [9.17, 15) is 4.79 Å². The van der Waals surface area contributed by atoms with Gasteiger partial charge in [-0.1, -0.05) is 12.1 Å². The Bertz CT molecular complexity index is 607. The second kappa shape index (κ2) is 4.16. The van der Waals surface area contributed by atoms with Crippen LogP contribution in [0.25, 0.3) is 10.1 Å². The van der Waals surface area contributed by atoms with E-state index in [1.807, 2.05) is 36.6 Å². The Kier molecular flexibility index (Phi) is 2.73. The van der Waals surface area contributed by atoms with Crippen molar-refractivity contribution < 1.29 is 9.53 Å². The van der Waals surface area contributed by atoms with E-state index in [1.54, 1.807) is 11.3 Å². The number of carbonyl (C=O) groups is 1. The first-order valence-electron chi connectivity index (χ1n) is 5.97. The molecule has 2 unspecified atom stereocenters. The number of Topliss-reactive ketones (excluding diaryl/α,β-unsaturated/α-hetero) is 1. The van der Waals surface area contributed by atoms with E-state index < -0.39 is 5.41 Å². The molecule has 2 N–H and O–H groups in total. The van der Waals surface area contributed by atoms with Gasteiger partial charge in [-0.25, -0.2) is 0 Å². The van der Waals surface area contributed by atoms with Crippen molar-refractivity contribution in [1.82, 2.24) is 0 Å². The van der Waals surface area contributed by atoms with E-state index in [0.717, 1.165) is 15.6 Å². The molecule has 2 heterocycles. The minimum absolute atomic E-state index is 0.0977. The second-order valence-electron chi connectivity index (χ2n) is 5.01. The Morgan fingerprint density at radius 2 is 2.33 bits per heavy atom. The maximum Gasteiger partial charge on any atom is 0.174 e. The van der Waals surface area contributed by atoms with Gasteiger partial charge in [-0.3, -0.25) is 4.79 Å². The maximum atomic E-state index is 12.7. The lowest BCUT2D eigenvalue weighted by Crippen LogP contribution is -2.44. The highest BCUT2D eigenvalue weighted by Crippen LogP contribution is 2.35. The number of hydrogen-bond donors (Lipinski definition) is 1. The zero-order chi connectivity index (χ0) is 12.8. The van der Waals surface area contributed by atoms with Gasteiger partial charge in [0.25, 0.3) is 0 Å². The van der Waals surface area contributed by atoms with Crippen molar-refractivity contribution in [1.29, 1.82) is 0 Å². The van der Waals surface area contributed by atoms with Crippen molar-refractivity contribution in [3.8, 4) is 0 Å². The molecule has 94 valence electrons. The molecule has 0 spiro atoms. The van der Waals surface area contributed by atoms with Crippen LogP contribution in [0.3, 0.4) is 0 Å². The summed E-state index contributed by atoms with van der Waals surface area (Å²) in [6, 6.07) is 7.64. The monoisotopic (exact) mass is 261 g/mol. The van der Waals surface area contributed by atoms with Crippen LogP contribution in [-0.2, 0) is 4.74 Å². The van der Waals surface area contributed by atoms with Crippen LogP contribution < -0.4 is 5.73 Å². The lowest BCUT2D eigenvalue weighted by Gasteiger charge is -2.25. The first kappa shape index (κ1) is 11.8. The third-order valence-corrected chi connectivity index (χ3v) is 4.72. The van der Waals surface area contributed by atoms with Crippen LogP contribution >= 0.6 is 11.3 Å². The van der Waals surface area contributed by atoms with Gasteiger partial charge in [0.2, 0.25) is 0 Å². The summed E-state index contributed by atoms with van der Waals surface area (Å²) >= 11 is 1.60. The van der Waals surface area contributed by atoms with Gasteiger partial charge in [0.1, 0.15) is 0 Å². The lowest BCUT2D eigenvalue weighted by molar-refractivity contribution is 0.0770. The summed E-state index contributed by atoms with van der Waals surface area (Å²) in [5, 5.41) is 3.12. The molecule has 0 radical (unpaired) electrons. The van der Waals surface area contributed by atoms with Crippen molar-refractivity contribution in [3.63, 3.8) is 0 Å². The van der Waals surface area contributed by atoms with Gasteiger partial charge in [0.05, 0.1) is 18.6 Å². The highest BCUT2D eigenvalue weighted by atomic mass is 32.1. The summed E-state index contributed by atoms with van der Waals surface area (Å²) in [5.41, 5.74) is 6.20. The summed E-state index contributed by atoms with van der Waals surface area (Å²) < 4.78 is 6.41. The fourth-order valence-electron chi connectivity index (χ4n) is 2.40. The number of ketones is 1. The summed E-state index contributed by atoms with van der Waals surface area (Å²) in [4.78, 5) is 12.7. The average molecular weight is 261 g/mol. The topological polar surface area (TPSA) is 52.3 Å². The predicted molar refractivity (Wildman–Crippen MR) is 73.1 cm³/mol. The van der Waals surface area contributed by atoms with Crippen LogP contribution in [0, 0.1) is 5.41 Å². The lowest BCUT2D eigenvalue weighted by atomic mass is 9.78. The van der Waals surface area contributed by atoms with Gasteiger partial charge in [-0.15, -0.1) is 11.3 Å². The number of hydrogen-bond acceptors (Lipinski definition) is 4. The predicted octanol–water partition coefficient (Wildman–Crippen LogP) is 2.45. The van der Waals surface area contributed by atoms with Crippen molar-refractivity contribution >= 4 is 27.2 Å². The van der Waals surface area contributed by atoms with Gasteiger partial charge in [-0.2, -0.15) is 0 Å². The van der Waals surface area contributed by atoms with E-state index in [4.69, 9.17) is 10.5 Å². The molecule has 1 aliphatic heterocycles. The van der Waals surface area contributed by atoms with E-state index >= 15 is 0 Å². The summed E-state index contributed by atoms with van der Waals surface area (Å²) in [6.45, 7) is 2.77. The molecule has 1 aromatic heterocycles. The smallest absolute Gasteiger partial charge is 0.174 e. The molecule has 1 aromatic carbocycles. The van der Waals surface area contributed by atoms with Crippen molar-refractivity contribution in [2.24, 2.45) is 11.1 Å². The van der Waals surface area contributed by atoms with Gasteiger partial charge in [-0.05, 0) is 29.8 Å². The third kappa shape index (κ3) is 1.61. The molecule has 0 bridgehead atoms. The highest BCUT2D eigenvalue weighted by Gasteiger charge is 2.44. The van der Waals surface area contributed by atoms with E-state index in [0.29, 0.717) is 13.2 Å². The summed E-state index contributed by atoms with van der Waals surface area (Å²) in [7, 11) is 0. The minimum atomic E-state index is -0.599. The number of fused-ring (bicyclic) bond motifs is 1. The minimum Gasteiger partial charge on any atom is -0.379 e. The third-order valence-electron chi connectivity index (χ3n) is 3.76. The zero-order valence-corrected chi connectivity index (χ0v) is 11.0. The molecule has 1 aliphatic rings. The van der Waals surface area contributed by atoms with Crippen LogP contribution in [0.15, 0.2) is 29.6 Å². The van der Waals surface area contributed by atoms with Crippen LogP contribution in [0.4, 0.5) is 0 Å². The first-order valence-corrected chi connectivity index (χ1v) is 6.85. The number of ether oxygens (including phenoxy) is 1. The van der Waals surface area contributed by atoms with Crippen molar-refractivity contribution in [2.45, 2.75) is 13.0 Å². The molecule has 2 aromatic rings. The molecule has 0 saturated carbocycles. The molecule has 4 heteroatoms.